The number of non-ortho nitro benzene ring substituents is 2. The average molecular weight is 362 g/mol. The molecule has 0 aromatic heterocycles. The van der Waals surface area contributed by atoms with Gasteiger partial charge in [-0.3, -0.25) is 20.2 Å². The van der Waals surface area contributed by atoms with E-state index in [-0.39, 0.29) is 5.56 Å². The van der Waals surface area contributed by atoms with Gasteiger partial charge in [0.25, 0.3) is 11.4 Å². The van der Waals surface area contributed by atoms with Gasteiger partial charge in [-0.05, 0) is 17.7 Å². The third-order valence-corrected chi connectivity index (χ3v) is 4.02. The summed E-state index contributed by atoms with van der Waals surface area (Å²) in [5, 5.41) is 22.3. The van der Waals surface area contributed by atoms with Crippen molar-refractivity contribution in [2.45, 2.75) is 4.33 Å². The number of halogens is 3. The summed E-state index contributed by atoms with van der Waals surface area (Å²) >= 11 is 18.3. The molecular weight excluding hydrogens is 355 g/mol. The second-order valence-corrected chi connectivity index (χ2v) is 6.10. The van der Waals surface area contributed by atoms with Gasteiger partial charge in [0.15, 0.2) is 4.33 Å². The zero-order valence-corrected chi connectivity index (χ0v) is 13.0. The van der Waals surface area contributed by atoms with Gasteiger partial charge < -0.3 is 0 Å². The van der Waals surface area contributed by atoms with Crippen molar-refractivity contribution in [1.29, 1.82) is 0 Å². The molecule has 0 amide bonds. The smallest absolute Gasteiger partial charge is 0.258 e. The van der Waals surface area contributed by atoms with Gasteiger partial charge in [-0.1, -0.05) is 46.9 Å². The minimum Gasteiger partial charge on any atom is -0.258 e. The molecule has 0 atom stereocenters. The first-order valence-corrected chi connectivity index (χ1v) is 6.93. The number of nitrogens with zero attached hydrogens (tertiary/aromatic N) is 2. The lowest BCUT2D eigenvalue weighted by atomic mass is 10.0. The minimum absolute atomic E-state index is 0.0269. The Morgan fingerprint density at radius 2 is 1.27 bits per heavy atom. The molecule has 0 fully saturated rings. The van der Waals surface area contributed by atoms with Crippen LogP contribution in [0.5, 0.6) is 0 Å². The number of benzene rings is 2. The zero-order chi connectivity index (χ0) is 16.5. The molecule has 6 nitrogen and oxygen atoms in total. The lowest BCUT2D eigenvalue weighted by Gasteiger charge is -2.20. The van der Waals surface area contributed by atoms with E-state index in [1.807, 2.05) is 0 Å². The standard InChI is InChI=1S/C13H7Cl3N2O4/c14-10-3-1-8(2-4-10)13(15,16)9-5-11(17(19)20)7-12(6-9)18(21)22/h1-7H. The molecular formula is C13H7Cl3N2O4. The van der Waals surface area contributed by atoms with Crippen LogP contribution in [0.4, 0.5) is 11.4 Å². The highest BCUT2D eigenvalue weighted by atomic mass is 35.5. The lowest BCUT2D eigenvalue weighted by Crippen LogP contribution is -2.13. The number of rotatable bonds is 4. The van der Waals surface area contributed by atoms with Crippen molar-refractivity contribution >= 4 is 46.2 Å². The first-order chi connectivity index (χ1) is 10.2. The highest BCUT2D eigenvalue weighted by Gasteiger charge is 2.32. The molecule has 2 aromatic carbocycles. The summed E-state index contributed by atoms with van der Waals surface area (Å²) in [6.45, 7) is 0. The molecule has 0 heterocycles. The van der Waals surface area contributed by atoms with Crippen LogP contribution in [-0.2, 0) is 4.33 Å². The summed E-state index contributed by atoms with van der Waals surface area (Å²) in [5.41, 5.74) is -0.526. The molecule has 22 heavy (non-hydrogen) atoms. The topological polar surface area (TPSA) is 86.3 Å². The molecule has 0 saturated carbocycles. The summed E-state index contributed by atoms with van der Waals surface area (Å²) in [5.74, 6) is 0. The third kappa shape index (κ3) is 3.30. The van der Waals surface area contributed by atoms with E-state index in [0.717, 1.165) is 18.2 Å². The zero-order valence-electron chi connectivity index (χ0n) is 10.7. The molecule has 0 saturated heterocycles. The molecule has 0 aliphatic carbocycles. The van der Waals surface area contributed by atoms with E-state index >= 15 is 0 Å². The van der Waals surface area contributed by atoms with Crippen LogP contribution in [0.25, 0.3) is 0 Å². The monoisotopic (exact) mass is 360 g/mol. The SMILES string of the molecule is O=[N+]([O-])c1cc([N+](=O)[O-])cc(C(Cl)(Cl)c2ccc(Cl)cc2)c1. The Morgan fingerprint density at radius 3 is 1.68 bits per heavy atom. The molecule has 2 aromatic rings. The van der Waals surface area contributed by atoms with Crippen molar-refractivity contribution in [2.75, 3.05) is 0 Å². The van der Waals surface area contributed by atoms with Crippen molar-refractivity contribution in [3.8, 4) is 0 Å². The van der Waals surface area contributed by atoms with E-state index < -0.39 is 25.6 Å². The largest absolute Gasteiger partial charge is 0.276 e. The summed E-state index contributed by atoms with van der Waals surface area (Å²) < 4.78 is -1.69. The number of hydrogen-bond acceptors (Lipinski definition) is 4. The van der Waals surface area contributed by atoms with Crippen LogP contribution >= 0.6 is 34.8 Å². The molecule has 0 aliphatic heterocycles. The van der Waals surface area contributed by atoms with Crippen LogP contribution in [0.15, 0.2) is 42.5 Å². The Bertz CT molecular complexity index is 715. The van der Waals surface area contributed by atoms with Crippen molar-refractivity contribution < 1.29 is 9.85 Å². The van der Waals surface area contributed by atoms with E-state index in [1.54, 1.807) is 12.1 Å². The van der Waals surface area contributed by atoms with Crippen LogP contribution in [0.2, 0.25) is 5.02 Å². The Labute approximate surface area is 139 Å². The Kier molecular flexibility index (Phi) is 4.55. The lowest BCUT2D eigenvalue weighted by molar-refractivity contribution is -0.394. The van der Waals surface area contributed by atoms with Gasteiger partial charge in [0.1, 0.15) is 0 Å². The first kappa shape index (κ1) is 16.5. The fourth-order valence-corrected chi connectivity index (χ4v) is 2.41. The maximum atomic E-state index is 10.9. The van der Waals surface area contributed by atoms with Crippen LogP contribution in [0.1, 0.15) is 11.1 Å². The fourth-order valence-electron chi connectivity index (χ4n) is 1.81. The predicted molar refractivity (Wildman–Crippen MR) is 83.7 cm³/mol. The predicted octanol–water partition coefficient (Wildman–Crippen LogP) is 4.84. The van der Waals surface area contributed by atoms with Gasteiger partial charge in [-0.15, -0.1) is 0 Å². The quantitative estimate of drug-likeness (QED) is 0.443. The van der Waals surface area contributed by atoms with E-state index in [4.69, 9.17) is 34.8 Å². The van der Waals surface area contributed by atoms with Crippen molar-refractivity contribution in [3.05, 3.63) is 78.8 Å². The fraction of sp³-hybridized carbons (Fsp3) is 0.0769. The minimum atomic E-state index is -1.69. The molecule has 0 spiro atoms. The normalized spacial score (nSPS) is 11.2. The highest BCUT2D eigenvalue weighted by Crippen LogP contribution is 2.43. The molecule has 0 unspecified atom stereocenters. The summed E-state index contributed by atoms with van der Waals surface area (Å²) in [7, 11) is 0. The molecule has 114 valence electrons. The maximum Gasteiger partial charge on any atom is 0.276 e. The maximum absolute atomic E-state index is 10.9. The van der Waals surface area contributed by atoms with E-state index in [9.17, 15) is 20.2 Å². The van der Waals surface area contributed by atoms with Crippen molar-refractivity contribution in [1.82, 2.24) is 0 Å². The van der Waals surface area contributed by atoms with Crippen molar-refractivity contribution in [3.63, 3.8) is 0 Å². The second-order valence-electron chi connectivity index (χ2n) is 4.33. The van der Waals surface area contributed by atoms with Gasteiger partial charge >= 0.3 is 0 Å². The molecule has 9 heteroatoms. The second kappa shape index (κ2) is 6.08. The van der Waals surface area contributed by atoms with Gasteiger partial charge in [-0.25, -0.2) is 0 Å². The van der Waals surface area contributed by atoms with Gasteiger partial charge in [0, 0.05) is 22.7 Å². The molecule has 2 rings (SSSR count). The van der Waals surface area contributed by atoms with Crippen LogP contribution < -0.4 is 0 Å². The van der Waals surface area contributed by atoms with Crippen LogP contribution in [-0.4, -0.2) is 9.85 Å². The van der Waals surface area contributed by atoms with E-state index in [0.29, 0.717) is 10.6 Å². The number of nitro groups is 2. The number of nitro benzene ring substituents is 2. The molecule has 0 radical (unpaired) electrons. The summed E-state index contributed by atoms with van der Waals surface area (Å²) in [6.07, 6.45) is 0. The van der Waals surface area contributed by atoms with Crippen molar-refractivity contribution in [2.24, 2.45) is 0 Å². The Hall–Kier alpha value is -1.89. The van der Waals surface area contributed by atoms with Gasteiger partial charge in [-0.2, -0.15) is 0 Å². The highest BCUT2D eigenvalue weighted by molar-refractivity contribution is 6.50. The number of hydrogen-bond donors (Lipinski definition) is 0. The molecule has 0 aliphatic rings. The Morgan fingerprint density at radius 1 is 0.818 bits per heavy atom. The van der Waals surface area contributed by atoms with E-state index in [2.05, 4.69) is 0 Å². The van der Waals surface area contributed by atoms with Crippen LogP contribution in [0.3, 0.4) is 0 Å². The number of alkyl halides is 2. The van der Waals surface area contributed by atoms with E-state index in [1.165, 1.54) is 12.1 Å². The summed E-state index contributed by atoms with van der Waals surface area (Å²) in [4.78, 5) is 20.3. The third-order valence-electron chi connectivity index (χ3n) is 2.89. The van der Waals surface area contributed by atoms with Crippen LogP contribution in [0, 0.1) is 20.2 Å². The van der Waals surface area contributed by atoms with Gasteiger partial charge in [0.2, 0.25) is 0 Å². The summed E-state index contributed by atoms with van der Waals surface area (Å²) in [6, 6.07) is 9.20. The molecule has 0 bridgehead atoms. The van der Waals surface area contributed by atoms with Gasteiger partial charge in [0.05, 0.1) is 15.9 Å². The molecule has 0 N–H and O–H groups in total. The first-order valence-electron chi connectivity index (χ1n) is 5.80. The average Bonchev–Trinajstić information content (AvgIpc) is 2.47. The Balaban J connectivity index is 2.61.